The fourth-order valence-corrected chi connectivity index (χ4v) is 3.87. The Morgan fingerprint density at radius 3 is 2.82 bits per heavy atom. The molecule has 0 radical (unpaired) electrons. The Kier molecular flexibility index (Phi) is 4.53. The van der Waals surface area contributed by atoms with Crippen LogP contribution in [-0.2, 0) is 5.75 Å². The van der Waals surface area contributed by atoms with E-state index in [0.717, 1.165) is 22.6 Å². The molecule has 0 fully saturated rings. The molecule has 0 aliphatic carbocycles. The fraction of sp³-hybridized carbons (Fsp3) is 0.333. The van der Waals surface area contributed by atoms with E-state index in [4.69, 9.17) is 4.74 Å². The van der Waals surface area contributed by atoms with E-state index < -0.39 is 12.5 Å². The van der Waals surface area contributed by atoms with Crippen LogP contribution in [0.4, 0.5) is 13.2 Å². The molecule has 10 heteroatoms. The molecule has 1 aliphatic heterocycles. The molecule has 28 heavy (non-hydrogen) atoms. The lowest BCUT2D eigenvalue weighted by atomic mass is 10.1. The average Bonchev–Trinajstić information content (AvgIpc) is 3.02. The van der Waals surface area contributed by atoms with Crippen molar-refractivity contribution in [2.24, 2.45) is 0 Å². The second-order valence-electron chi connectivity index (χ2n) is 6.29. The minimum atomic E-state index is -4.04. The average molecular weight is 411 g/mol. The van der Waals surface area contributed by atoms with E-state index in [1.54, 1.807) is 13.3 Å². The number of nitrogens with one attached hydrogen (secondary N) is 1. The Morgan fingerprint density at radius 2 is 2.07 bits per heavy atom. The summed E-state index contributed by atoms with van der Waals surface area (Å²) in [6.07, 6.45) is -5.15. The van der Waals surface area contributed by atoms with Gasteiger partial charge in [-0.1, -0.05) is 11.8 Å². The molecule has 6 nitrogen and oxygen atoms in total. The Labute approximate surface area is 162 Å². The topological polar surface area (TPSA) is 69.3 Å². The number of methoxy groups -OCH3 is 1. The van der Waals surface area contributed by atoms with Gasteiger partial charge in [-0.05, 0) is 13.8 Å². The Balaban J connectivity index is 1.58. The van der Waals surface area contributed by atoms with Crippen LogP contribution >= 0.6 is 11.8 Å². The van der Waals surface area contributed by atoms with Crippen LogP contribution in [0.2, 0.25) is 0 Å². The van der Waals surface area contributed by atoms with Gasteiger partial charge in [0.2, 0.25) is 0 Å². The zero-order chi connectivity index (χ0) is 20.1. The van der Waals surface area contributed by atoms with Gasteiger partial charge >= 0.3 is 12.5 Å². The van der Waals surface area contributed by atoms with E-state index in [1.165, 1.54) is 23.9 Å². The first-order valence-electron chi connectivity index (χ1n) is 8.31. The van der Waals surface area contributed by atoms with Gasteiger partial charge in [-0.2, -0.15) is 13.2 Å². The summed E-state index contributed by atoms with van der Waals surface area (Å²) in [5.41, 5.74) is 3.67. The first kappa shape index (κ1) is 18.7. The monoisotopic (exact) mass is 411 g/mol. The molecule has 4 rings (SSSR count). The van der Waals surface area contributed by atoms with Crippen LogP contribution < -0.4 is 14.2 Å². The highest BCUT2D eigenvalue weighted by atomic mass is 32.2. The van der Waals surface area contributed by atoms with Gasteiger partial charge < -0.3 is 19.2 Å². The van der Waals surface area contributed by atoms with Gasteiger partial charge in [-0.3, -0.25) is 4.98 Å². The Bertz CT molecular complexity index is 1060. The fourth-order valence-electron chi connectivity index (χ4n) is 2.96. The minimum absolute atomic E-state index is 0.105. The third-order valence-corrected chi connectivity index (χ3v) is 5.25. The SMILES string of the molecule is COc1c(C)cnc(CSc2nc3cc4c(cc3[nH]2)OC(F)C(F)(F)O4)c1C. The van der Waals surface area contributed by atoms with Crippen molar-refractivity contribution in [3.05, 3.63) is 35.2 Å². The minimum Gasteiger partial charge on any atom is -0.496 e. The molecule has 148 valence electrons. The molecule has 1 N–H and O–H groups in total. The van der Waals surface area contributed by atoms with Gasteiger partial charge in [-0.25, -0.2) is 4.98 Å². The molecule has 2 aromatic heterocycles. The number of nitrogens with zero attached hydrogens (tertiary/aromatic N) is 2. The predicted octanol–water partition coefficient (Wildman–Crippen LogP) is 4.54. The van der Waals surface area contributed by atoms with Crippen molar-refractivity contribution in [1.29, 1.82) is 0 Å². The summed E-state index contributed by atoms with van der Waals surface area (Å²) in [5.74, 6) is 0.959. The highest BCUT2D eigenvalue weighted by molar-refractivity contribution is 7.98. The standard InChI is InChI=1S/C18H16F3N3O3S/c1-8-6-22-12(9(2)15(8)25-3)7-28-17-23-10-4-13-14(5-11(10)24-17)27-18(20,21)16(19)26-13/h4-6,16H,7H2,1-3H3,(H,23,24). The van der Waals surface area contributed by atoms with E-state index in [2.05, 4.69) is 24.4 Å². The van der Waals surface area contributed by atoms with Crippen LogP contribution in [0.1, 0.15) is 16.8 Å². The van der Waals surface area contributed by atoms with E-state index in [0.29, 0.717) is 21.9 Å². The van der Waals surface area contributed by atoms with Crippen LogP contribution in [0.15, 0.2) is 23.5 Å². The number of H-pyrrole nitrogens is 1. The number of thioether (sulfide) groups is 1. The molecular weight excluding hydrogens is 395 g/mol. The molecule has 0 bridgehead atoms. The van der Waals surface area contributed by atoms with E-state index in [-0.39, 0.29) is 11.5 Å². The van der Waals surface area contributed by atoms with Crippen molar-refractivity contribution < 1.29 is 27.4 Å². The van der Waals surface area contributed by atoms with Crippen LogP contribution in [0.25, 0.3) is 11.0 Å². The summed E-state index contributed by atoms with van der Waals surface area (Å²) in [6.45, 7) is 3.86. The lowest BCUT2D eigenvalue weighted by molar-refractivity contribution is -0.281. The highest BCUT2D eigenvalue weighted by Crippen LogP contribution is 2.42. The van der Waals surface area contributed by atoms with Crippen LogP contribution in [-0.4, -0.2) is 34.5 Å². The number of imidazole rings is 1. The summed E-state index contributed by atoms with van der Waals surface area (Å²) < 4.78 is 54.5. The van der Waals surface area contributed by atoms with Crippen LogP contribution in [0.3, 0.4) is 0 Å². The van der Waals surface area contributed by atoms with E-state index in [9.17, 15) is 13.2 Å². The summed E-state index contributed by atoms with van der Waals surface area (Å²) in [6, 6.07) is 2.69. The van der Waals surface area contributed by atoms with Crippen molar-refractivity contribution in [3.8, 4) is 17.2 Å². The summed E-state index contributed by atoms with van der Waals surface area (Å²) in [4.78, 5) is 11.9. The molecule has 0 amide bonds. The summed E-state index contributed by atoms with van der Waals surface area (Å²) in [7, 11) is 1.61. The highest BCUT2D eigenvalue weighted by Gasteiger charge is 2.49. The zero-order valence-corrected chi connectivity index (χ0v) is 16.0. The van der Waals surface area contributed by atoms with Crippen molar-refractivity contribution in [3.63, 3.8) is 0 Å². The largest absolute Gasteiger partial charge is 0.496 e. The summed E-state index contributed by atoms with van der Waals surface area (Å²) in [5, 5.41) is 0.557. The smallest absolute Gasteiger partial charge is 0.468 e. The van der Waals surface area contributed by atoms with Gasteiger partial charge in [0.15, 0.2) is 16.7 Å². The zero-order valence-electron chi connectivity index (χ0n) is 15.2. The number of hydrogen-bond donors (Lipinski definition) is 1. The quantitative estimate of drug-likeness (QED) is 0.636. The number of aromatic amines is 1. The lowest BCUT2D eigenvalue weighted by Crippen LogP contribution is -2.43. The van der Waals surface area contributed by atoms with Gasteiger partial charge in [-0.15, -0.1) is 0 Å². The number of aromatic nitrogens is 3. The first-order chi connectivity index (χ1) is 13.3. The number of ether oxygens (including phenoxy) is 3. The van der Waals surface area contributed by atoms with Crippen LogP contribution in [0.5, 0.6) is 17.2 Å². The lowest BCUT2D eigenvalue weighted by Gasteiger charge is -2.28. The van der Waals surface area contributed by atoms with Crippen molar-refractivity contribution >= 4 is 22.8 Å². The number of benzene rings is 1. The van der Waals surface area contributed by atoms with Gasteiger partial charge in [0, 0.05) is 35.2 Å². The molecule has 0 saturated carbocycles. The summed E-state index contributed by atoms with van der Waals surface area (Å²) >= 11 is 1.39. The maximum absolute atomic E-state index is 13.3. The Morgan fingerprint density at radius 1 is 1.29 bits per heavy atom. The third kappa shape index (κ3) is 3.21. The van der Waals surface area contributed by atoms with Crippen molar-refractivity contribution in [2.45, 2.75) is 37.2 Å². The molecule has 3 heterocycles. The molecule has 3 aromatic rings. The number of halogens is 3. The molecule has 1 aliphatic rings. The van der Waals surface area contributed by atoms with Crippen molar-refractivity contribution in [2.75, 3.05) is 7.11 Å². The van der Waals surface area contributed by atoms with E-state index in [1.807, 2.05) is 13.8 Å². The second-order valence-corrected chi connectivity index (χ2v) is 7.25. The van der Waals surface area contributed by atoms with Gasteiger partial charge in [0.25, 0.3) is 0 Å². The van der Waals surface area contributed by atoms with E-state index >= 15 is 0 Å². The maximum atomic E-state index is 13.3. The maximum Gasteiger partial charge on any atom is 0.468 e. The normalized spacial score (nSPS) is 17.7. The Hall–Kier alpha value is -2.62. The second kappa shape index (κ2) is 6.77. The molecule has 0 spiro atoms. The first-order valence-corrected chi connectivity index (χ1v) is 9.30. The number of rotatable bonds is 4. The van der Waals surface area contributed by atoms with Crippen molar-refractivity contribution in [1.82, 2.24) is 15.0 Å². The third-order valence-electron chi connectivity index (χ3n) is 4.36. The predicted molar refractivity (Wildman–Crippen MR) is 97.0 cm³/mol. The number of aryl methyl sites for hydroxylation is 1. The molecule has 1 unspecified atom stereocenters. The number of alkyl halides is 3. The molecule has 1 atom stereocenters. The molecular formula is C18H16F3N3O3S. The van der Waals surface area contributed by atoms with Crippen LogP contribution in [0, 0.1) is 13.8 Å². The van der Waals surface area contributed by atoms with Gasteiger partial charge in [0.1, 0.15) is 5.75 Å². The molecule has 1 aromatic carbocycles. The van der Waals surface area contributed by atoms with Gasteiger partial charge in [0.05, 0.1) is 23.8 Å². The molecule has 0 saturated heterocycles. The number of fused-ring (bicyclic) bond motifs is 2. The number of pyridine rings is 1. The number of hydrogen-bond acceptors (Lipinski definition) is 6.